The number of fused-ring (bicyclic) bond motifs is 1. The van der Waals surface area contributed by atoms with Gasteiger partial charge in [-0.15, -0.1) is 5.10 Å². The zero-order chi connectivity index (χ0) is 20.3. The summed E-state index contributed by atoms with van der Waals surface area (Å²) in [6.45, 7) is 6.56. The van der Waals surface area contributed by atoms with Crippen LogP contribution in [-0.4, -0.2) is 52.4 Å². The predicted octanol–water partition coefficient (Wildman–Crippen LogP) is 3.51. The van der Waals surface area contributed by atoms with E-state index in [2.05, 4.69) is 45.2 Å². The van der Waals surface area contributed by atoms with Crippen molar-refractivity contribution in [1.82, 2.24) is 19.6 Å². The van der Waals surface area contributed by atoms with Crippen molar-refractivity contribution in [1.29, 1.82) is 0 Å². The van der Waals surface area contributed by atoms with Gasteiger partial charge in [0.05, 0.1) is 19.7 Å². The molecule has 0 saturated carbocycles. The van der Waals surface area contributed by atoms with E-state index >= 15 is 0 Å². The van der Waals surface area contributed by atoms with Crippen LogP contribution in [0.3, 0.4) is 0 Å². The number of hydrogen-bond acceptors (Lipinski definition) is 6. The molecular weight excluding hydrogens is 396 g/mol. The van der Waals surface area contributed by atoms with Crippen LogP contribution in [0.4, 0.5) is 0 Å². The normalized spacial score (nSPS) is 17.1. The zero-order valence-corrected chi connectivity index (χ0v) is 17.8. The second kappa shape index (κ2) is 8.71. The highest BCUT2D eigenvalue weighted by Gasteiger charge is 2.19. The Balaban J connectivity index is 1.14. The molecule has 0 spiro atoms. The second-order valence-electron chi connectivity index (χ2n) is 8.00. The van der Waals surface area contributed by atoms with E-state index in [1.165, 1.54) is 16.7 Å². The maximum absolute atomic E-state index is 5.72. The molecule has 1 aromatic heterocycles. The van der Waals surface area contributed by atoms with Gasteiger partial charge < -0.3 is 9.15 Å². The Morgan fingerprint density at radius 3 is 2.57 bits per heavy atom. The predicted molar refractivity (Wildman–Crippen MR) is 117 cm³/mol. The van der Waals surface area contributed by atoms with E-state index in [4.69, 9.17) is 21.4 Å². The highest BCUT2D eigenvalue weighted by atomic mass is 32.1. The molecule has 156 valence electrons. The third-order valence-corrected chi connectivity index (χ3v) is 6.10. The molecule has 2 aliphatic heterocycles. The fraction of sp³-hybridized carbons (Fsp3) is 0.391. The summed E-state index contributed by atoms with van der Waals surface area (Å²) < 4.78 is 13.1. The Morgan fingerprint density at radius 1 is 0.933 bits per heavy atom. The van der Waals surface area contributed by atoms with Crippen LogP contribution in [0.15, 0.2) is 52.9 Å². The highest BCUT2D eigenvalue weighted by Crippen LogP contribution is 2.26. The minimum absolute atomic E-state index is 0.448. The number of aromatic nitrogens is 2. The Morgan fingerprint density at radius 2 is 1.73 bits per heavy atom. The van der Waals surface area contributed by atoms with E-state index in [0.29, 0.717) is 23.8 Å². The first kappa shape index (κ1) is 19.5. The lowest BCUT2D eigenvalue weighted by atomic mass is 10.1. The summed E-state index contributed by atoms with van der Waals surface area (Å²) in [5.41, 5.74) is 3.89. The Kier molecular flexibility index (Phi) is 5.66. The molecule has 5 rings (SSSR count). The van der Waals surface area contributed by atoms with Crippen molar-refractivity contribution in [2.75, 3.05) is 32.8 Å². The van der Waals surface area contributed by atoms with Crippen molar-refractivity contribution < 1.29 is 9.15 Å². The highest BCUT2D eigenvalue weighted by molar-refractivity contribution is 7.71. The lowest BCUT2D eigenvalue weighted by molar-refractivity contribution is 0.0973. The molecule has 3 aromatic rings. The van der Waals surface area contributed by atoms with Crippen molar-refractivity contribution in [2.24, 2.45) is 0 Å². The number of ether oxygens (including phenoxy) is 1. The summed E-state index contributed by atoms with van der Waals surface area (Å²) in [6.07, 6.45) is 1.69. The van der Waals surface area contributed by atoms with Gasteiger partial charge in [0.15, 0.2) is 0 Å². The van der Waals surface area contributed by atoms with Crippen LogP contribution < -0.4 is 4.74 Å². The van der Waals surface area contributed by atoms with Gasteiger partial charge in [0.1, 0.15) is 5.75 Å². The van der Waals surface area contributed by atoms with E-state index in [1.807, 2.05) is 22.9 Å². The molecular formula is C23H26N4O2S. The third kappa shape index (κ3) is 4.48. The molecule has 30 heavy (non-hydrogen) atoms. The Hall–Kier alpha value is -2.48. The molecule has 0 unspecified atom stereocenters. The van der Waals surface area contributed by atoms with Gasteiger partial charge in [0.25, 0.3) is 4.84 Å². The lowest BCUT2D eigenvalue weighted by Gasteiger charge is -2.34. The van der Waals surface area contributed by atoms with Crippen molar-refractivity contribution in [2.45, 2.75) is 26.1 Å². The van der Waals surface area contributed by atoms with E-state index in [9.17, 15) is 0 Å². The number of benzene rings is 2. The molecule has 2 aromatic carbocycles. The molecule has 0 amide bonds. The minimum atomic E-state index is 0.448. The maximum Gasteiger partial charge on any atom is 0.288 e. The smallest absolute Gasteiger partial charge is 0.288 e. The van der Waals surface area contributed by atoms with Crippen LogP contribution in [0, 0.1) is 4.84 Å². The van der Waals surface area contributed by atoms with Gasteiger partial charge in [-0.1, -0.05) is 42.5 Å². The van der Waals surface area contributed by atoms with E-state index < -0.39 is 0 Å². The van der Waals surface area contributed by atoms with Crippen molar-refractivity contribution in [3.05, 3.63) is 75.9 Å². The third-order valence-electron chi connectivity index (χ3n) is 5.81. The van der Waals surface area contributed by atoms with E-state index in [-0.39, 0.29) is 0 Å². The van der Waals surface area contributed by atoms with Crippen molar-refractivity contribution in [3.63, 3.8) is 0 Å². The first-order valence-corrected chi connectivity index (χ1v) is 10.9. The first-order chi connectivity index (χ1) is 14.7. The summed E-state index contributed by atoms with van der Waals surface area (Å²) in [4.78, 5) is 5.35. The monoisotopic (exact) mass is 422 g/mol. The fourth-order valence-electron chi connectivity index (χ4n) is 4.16. The molecule has 0 aliphatic carbocycles. The van der Waals surface area contributed by atoms with Crippen LogP contribution in [0.1, 0.15) is 22.6 Å². The largest absolute Gasteiger partial charge is 0.493 e. The average Bonchev–Trinajstić information content (AvgIpc) is 3.36. The van der Waals surface area contributed by atoms with Gasteiger partial charge in [-0.25, -0.2) is 4.68 Å². The second-order valence-corrected chi connectivity index (χ2v) is 8.35. The Labute approximate surface area is 181 Å². The molecule has 3 heterocycles. The summed E-state index contributed by atoms with van der Waals surface area (Å²) in [7, 11) is 0. The minimum Gasteiger partial charge on any atom is -0.493 e. The Bertz CT molecular complexity index is 1050. The van der Waals surface area contributed by atoms with Gasteiger partial charge in [-0.05, 0) is 35.0 Å². The standard InChI is InChI=1S/C23H26N4O2S/c30-23-27(24-22(29-23)15-18-4-2-1-3-5-18)17-26-11-9-25(10-12-26)16-19-6-7-21-20(14-19)8-13-28-21/h1-7,14H,8-13,15-17H2. The van der Waals surface area contributed by atoms with E-state index in [0.717, 1.165) is 51.5 Å². The van der Waals surface area contributed by atoms with Crippen LogP contribution in [-0.2, 0) is 26.1 Å². The molecule has 0 bridgehead atoms. The summed E-state index contributed by atoms with van der Waals surface area (Å²) in [6, 6.07) is 16.8. The van der Waals surface area contributed by atoms with Gasteiger partial charge in [0.2, 0.25) is 5.89 Å². The number of nitrogens with zero attached hydrogens (tertiary/aromatic N) is 4. The molecule has 0 N–H and O–H groups in total. The summed E-state index contributed by atoms with van der Waals surface area (Å²) >= 11 is 5.39. The topological polar surface area (TPSA) is 46.7 Å². The van der Waals surface area contributed by atoms with Crippen LogP contribution in [0.5, 0.6) is 5.75 Å². The molecule has 1 fully saturated rings. The molecule has 7 heteroatoms. The maximum atomic E-state index is 5.72. The van der Waals surface area contributed by atoms with Gasteiger partial charge in [-0.2, -0.15) is 0 Å². The molecule has 6 nitrogen and oxygen atoms in total. The van der Waals surface area contributed by atoms with Crippen molar-refractivity contribution >= 4 is 12.2 Å². The quantitative estimate of drug-likeness (QED) is 0.567. The zero-order valence-electron chi connectivity index (χ0n) is 17.0. The van der Waals surface area contributed by atoms with Gasteiger partial charge in [-0.3, -0.25) is 9.80 Å². The van der Waals surface area contributed by atoms with Crippen LogP contribution in [0.25, 0.3) is 0 Å². The first-order valence-electron chi connectivity index (χ1n) is 10.5. The number of hydrogen-bond donors (Lipinski definition) is 0. The van der Waals surface area contributed by atoms with Crippen molar-refractivity contribution in [3.8, 4) is 5.75 Å². The molecule has 2 aliphatic rings. The van der Waals surface area contributed by atoms with Crippen LogP contribution >= 0.6 is 12.2 Å². The summed E-state index contributed by atoms with van der Waals surface area (Å²) in [5, 5.41) is 4.60. The molecule has 0 atom stereocenters. The van der Waals surface area contributed by atoms with E-state index in [1.54, 1.807) is 0 Å². The summed E-state index contributed by atoms with van der Waals surface area (Å²) in [5.74, 6) is 1.73. The lowest BCUT2D eigenvalue weighted by Crippen LogP contribution is -2.46. The number of piperazine rings is 1. The average molecular weight is 423 g/mol. The number of rotatable bonds is 6. The fourth-order valence-corrected chi connectivity index (χ4v) is 4.35. The van der Waals surface area contributed by atoms with Gasteiger partial charge >= 0.3 is 0 Å². The molecule has 1 saturated heterocycles. The van der Waals surface area contributed by atoms with Gasteiger partial charge in [0, 0.05) is 39.1 Å². The SMILES string of the molecule is S=c1oc(Cc2ccccc2)nn1CN1CCN(Cc2ccc3c(c2)CCO3)CC1. The van der Waals surface area contributed by atoms with Crippen LogP contribution in [0.2, 0.25) is 0 Å². The molecule has 0 radical (unpaired) electrons.